The van der Waals surface area contributed by atoms with Crippen molar-refractivity contribution in [2.24, 2.45) is 0 Å². The molecule has 1 aliphatic heterocycles. The molecule has 1 amide bonds. The van der Waals surface area contributed by atoms with Gasteiger partial charge >= 0.3 is 5.97 Å². The summed E-state index contributed by atoms with van der Waals surface area (Å²) in [6, 6.07) is 6.06. The highest BCUT2D eigenvalue weighted by Crippen LogP contribution is 2.38. The second-order valence-corrected chi connectivity index (χ2v) is 8.37. The number of benzene rings is 1. The van der Waals surface area contributed by atoms with Crippen molar-refractivity contribution in [1.82, 2.24) is 4.90 Å². The predicted octanol–water partition coefficient (Wildman–Crippen LogP) is 4.59. The molecule has 7 heteroatoms. The minimum atomic E-state index is -0.388. The summed E-state index contributed by atoms with van der Waals surface area (Å²) in [7, 11) is 1.38. The molecule has 0 saturated carbocycles. The number of fused-ring (bicyclic) bond motifs is 1. The molecule has 0 bridgehead atoms. The van der Waals surface area contributed by atoms with E-state index in [0.29, 0.717) is 22.2 Å². The first-order chi connectivity index (χ1) is 12.8. The summed E-state index contributed by atoms with van der Waals surface area (Å²) in [4.78, 5) is 28.7. The largest absolute Gasteiger partial charge is 0.465 e. The van der Waals surface area contributed by atoms with Crippen molar-refractivity contribution in [3.05, 3.63) is 50.9 Å². The Morgan fingerprint density at radius 1 is 1.21 bits per heavy atom. The van der Waals surface area contributed by atoms with Crippen molar-refractivity contribution < 1.29 is 14.3 Å². The highest BCUT2D eigenvalue weighted by Gasteiger charge is 2.30. The number of rotatable bonds is 4. The Hall–Kier alpha value is -1.89. The van der Waals surface area contributed by atoms with Crippen LogP contribution in [0.15, 0.2) is 18.2 Å². The number of amides is 1. The number of aryl methyl sites for hydroxylation is 2. The van der Waals surface area contributed by atoms with Crippen LogP contribution in [0, 0.1) is 13.8 Å². The van der Waals surface area contributed by atoms with Crippen molar-refractivity contribution in [3.63, 3.8) is 0 Å². The van der Waals surface area contributed by atoms with E-state index in [0.717, 1.165) is 41.1 Å². The number of nitrogens with one attached hydrogen (secondary N) is 1. The SMILES string of the molecule is COC(=O)c1c(NC(=O)c2ccc(C)c(C)c2)sc2c1CCN(C(C)C)C2.Cl. The lowest BCUT2D eigenvalue weighted by Gasteiger charge is -2.30. The molecule has 0 aliphatic carbocycles. The molecule has 0 spiro atoms. The molecule has 5 nitrogen and oxygen atoms in total. The monoisotopic (exact) mass is 422 g/mol. The highest BCUT2D eigenvalue weighted by atomic mass is 35.5. The number of nitrogens with zero attached hydrogens (tertiary/aromatic N) is 1. The molecule has 1 N–H and O–H groups in total. The Kier molecular flexibility index (Phi) is 7.26. The van der Waals surface area contributed by atoms with Crippen LogP contribution < -0.4 is 5.32 Å². The van der Waals surface area contributed by atoms with E-state index in [4.69, 9.17) is 4.74 Å². The first-order valence-electron chi connectivity index (χ1n) is 9.17. The first-order valence-corrected chi connectivity index (χ1v) is 9.99. The van der Waals surface area contributed by atoms with Crippen LogP contribution in [0.25, 0.3) is 0 Å². The summed E-state index contributed by atoms with van der Waals surface area (Å²) < 4.78 is 5.00. The zero-order chi connectivity index (χ0) is 19.7. The molecule has 1 aliphatic rings. The van der Waals surface area contributed by atoms with Crippen LogP contribution in [0.4, 0.5) is 5.00 Å². The fourth-order valence-corrected chi connectivity index (χ4v) is 4.58. The highest BCUT2D eigenvalue weighted by molar-refractivity contribution is 7.17. The molecule has 1 aromatic carbocycles. The van der Waals surface area contributed by atoms with Crippen molar-refractivity contribution in [2.75, 3.05) is 19.0 Å². The quantitative estimate of drug-likeness (QED) is 0.732. The van der Waals surface area contributed by atoms with Crippen LogP contribution in [-0.2, 0) is 17.7 Å². The van der Waals surface area contributed by atoms with Gasteiger partial charge in [0.1, 0.15) is 5.00 Å². The number of carbonyl (C=O) groups is 2. The number of halogens is 1. The average molecular weight is 423 g/mol. The summed E-state index contributed by atoms with van der Waals surface area (Å²) in [5, 5.41) is 3.53. The van der Waals surface area contributed by atoms with E-state index in [1.807, 2.05) is 32.0 Å². The van der Waals surface area contributed by atoms with Gasteiger partial charge in [-0.05, 0) is 62.9 Å². The lowest BCUT2D eigenvalue weighted by Crippen LogP contribution is -2.35. The number of thiophene rings is 1. The van der Waals surface area contributed by atoms with Crippen LogP contribution in [-0.4, -0.2) is 36.5 Å². The van der Waals surface area contributed by atoms with Gasteiger partial charge in [0, 0.05) is 29.6 Å². The van der Waals surface area contributed by atoms with Crippen LogP contribution in [0.5, 0.6) is 0 Å². The molecule has 0 unspecified atom stereocenters. The van der Waals surface area contributed by atoms with Crippen LogP contribution in [0.3, 0.4) is 0 Å². The molecule has 0 atom stereocenters. The van der Waals surface area contributed by atoms with E-state index < -0.39 is 0 Å². The number of methoxy groups -OCH3 is 1. The molecule has 1 aromatic heterocycles. The summed E-state index contributed by atoms with van der Waals surface area (Å²) in [6.45, 7) is 10.0. The normalized spacial score (nSPS) is 13.6. The first kappa shape index (κ1) is 22.4. The molecule has 2 heterocycles. The van der Waals surface area contributed by atoms with Crippen molar-refractivity contribution in [2.45, 2.75) is 46.7 Å². The number of ether oxygens (including phenoxy) is 1. The Labute approximate surface area is 176 Å². The summed E-state index contributed by atoms with van der Waals surface area (Å²) in [5.41, 5.74) is 4.32. The van der Waals surface area contributed by atoms with Crippen molar-refractivity contribution >= 4 is 40.6 Å². The Bertz CT molecular complexity index is 892. The summed E-state index contributed by atoms with van der Waals surface area (Å²) >= 11 is 1.48. The van der Waals surface area contributed by atoms with Crippen LogP contribution in [0.2, 0.25) is 0 Å². The summed E-state index contributed by atoms with van der Waals surface area (Å²) in [5.74, 6) is -0.594. The van der Waals surface area contributed by atoms with Gasteiger partial charge in [0.2, 0.25) is 0 Å². The number of esters is 1. The van der Waals surface area contributed by atoms with Crippen LogP contribution in [0.1, 0.15) is 56.1 Å². The maximum Gasteiger partial charge on any atom is 0.341 e. The van der Waals surface area contributed by atoms with Crippen LogP contribution >= 0.6 is 23.7 Å². The lowest BCUT2D eigenvalue weighted by molar-refractivity contribution is 0.0600. The third kappa shape index (κ3) is 4.40. The lowest BCUT2D eigenvalue weighted by atomic mass is 10.0. The fourth-order valence-electron chi connectivity index (χ4n) is 3.33. The van der Waals surface area contributed by atoms with Gasteiger partial charge in [0.15, 0.2) is 0 Å². The maximum atomic E-state index is 12.8. The summed E-state index contributed by atoms with van der Waals surface area (Å²) in [6.07, 6.45) is 0.786. The number of hydrogen-bond donors (Lipinski definition) is 1. The minimum absolute atomic E-state index is 0. The van der Waals surface area contributed by atoms with Crippen molar-refractivity contribution in [1.29, 1.82) is 0 Å². The topological polar surface area (TPSA) is 58.6 Å². The maximum absolute atomic E-state index is 12.8. The standard InChI is InChI=1S/C21H26N2O3S.ClH/c1-12(2)23-9-8-16-17(11-23)27-20(18(16)21(25)26-5)22-19(24)15-7-6-13(3)14(4)10-15;/h6-7,10,12H,8-9,11H2,1-5H3,(H,22,24);1H. The molecule has 28 heavy (non-hydrogen) atoms. The third-order valence-corrected chi connectivity index (χ3v) is 6.33. The Morgan fingerprint density at radius 2 is 1.93 bits per heavy atom. The van der Waals surface area contributed by atoms with E-state index in [1.54, 1.807) is 0 Å². The molecule has 0 fully saturated rings. The van der Waals surface area contributed by atoms with E-state index in [9.17, 15) is 9.59 Å². The van der Waals surface area contributed by atoms with Crippen molar-refractivity contribution in [3.8, 4) is 0 Å². The molecule has 3 rings (SSSR count). The van der Waals surface area contributed by atoms with Gasteiger partial charge < -0.3 is 10.1 Å². The van der Waals surface area contributed by atoms with Gasteiger partial charge in [-0.2, -0.15) is 0 Å². The van der Waals surface area contributed by atoms with Gasteiger partial charge in [-0.25, -0.2) is 4.79 Å². The predicted molar refractivity (Wildman–Crippen MR) is 116 cm³/mol. The van der Waals surface area contributed by atoms with E-state index in [2.05, 4.69) is 24.1 Å². The molecule has 152 valence electrons. The number of anilines is 1. The van der Waals surface area contributed by atoms with E-state index in [1.165, 1.54) is 18.4 Å². The Balaban J connectivity index is 0.00000280. The number of carbonyl (C=O) groups excluding carboxylic acids is 2. The second-order valence-electron chi connectivity index (χ2n) is 7.27. The van der Waals surface area contributed by atoms with E-state index >= 15 is 0 Å². The molecular weight excluding hydrogens is 396 g/mol. The fraction of sp³-hybridized carbons (Fsp3) is 0.429. The third-order valence-electron chi connectivity index (χ3n) is 5.20. The van der Waals surface area contributed by atoms with E-state index in [-0.39, 0.29) is 24.3 Å². The second kappa shape index (κ2) is 9.07. The molecule has 0 saturated heterocycles. The van der Waals surface area contributed by atoms with Gasteiger partial charge in [-0.3, -0.25) is 9.69 Å². The Morgan fingerprint density at radius 3 is 2.54 bits per heavy atom. The van der Waals surface area contributed by atoms with Gasteiger partial charge in [0.25, 0.3) is 5.91 Å². The molecule has 0 radical (unpaired) electrons. The average Bonchev–Trinajstić information content (AvgIpc) is 3.00. The molecule has 2 aromatic rings. The minimum Gasteiger partial charge on any atom is -0.465 e. The zero-order valence-electron chi connectivity index (χ0n) is 16.9. The molecular formula is C21H27ClN2O3S. The zero-order valence-corrected chi connectivity index (χ0v) is 18.6. The smallest absolute Gasteiger partial charge is 0.341 e. The number of hydrogen-bond acceptors (Lipinski definition) is 5. The van der Waals surface area contributed by atoms with Gasteiger partial charge in [0.05, 0.1) is 12.7 Å². The van der Waals surface area contributed by atoms with Gasteiger partial charge in [-0.1, -0.05) is 6.07 Å². The van der Waals surface area contributed by atoms with Gasteiger partial charge in [-0.15, -0.1) is 23.7 Å².